The number of hydrogen-bond donors (Lipinski definition) is 2. The lowest BCUT2D eigenvalue weighted by molar-refractivity contribution is 0.0695. The van der Waals surface area contributed by atoms with Gasteiger partial charge in [-0.1, -0.05) is 0 Å². The van der Waals surface area contributed by atoms with Gasteiger partial charge in [-0.25, -0.2) is 18.6 Å². The number of ether oxygens (including phenoxy) is 1. The van der Waals surface area contributed by atoms with Gasteiger partial charge in [0.05, 0.1) is 23.4 Å². The van der Waals surface area contributed by atoms with Crippen LogP contribution in [-0.2, 0) is 24.6 Å². The first-order chi connectivity index (χ1) is 22.1. The Hall–Kier alpha value is -4.42. The van der Waals surface area contributed by atoms with Crippen LogP contribution in [0.3, 0.4) is 0 Å². The highest BCUT2D eigenvalue weighted by molar-refractivity contribution is 5.97. The van der Waals surface area contributed by atoms with Crippen LogP contribution in [0.25, 0.3) is 33.3 Å². The van der Waals surface area contributed by atoms with Gasteiger partial charge in [0.1, 0.15) is 11.2 Å². The van der Waals surface area contributed by atoms with Crippen LogP contribution in [0.15, 0.2) is 35.5 Å². The number of aryl methyl sites for hydroxylation is 2. The smallest absolute Gasteiger partial charge is 0.341 e. The van der Waals surface area contributed by atoms with Crippen LogP contribution in [0.1, 0.15) is 40.9 Å². The van der Waals surface area contributed by atoms with Crippen molar-refractivity contribution in [1.82, 2.24) is 19.4 Å². The lowest BCUT2D eigenvalue weighted by Gasteiger charge is -2.40. The maximum atomic E-state index is 16.1. The minimum Gasteiger partial charge on any atom is -0.477 e. The van der Waals surface area contributed by atoms with Gasteiger partial charge in [-0.15, -0.1) is 0 Å². The third kappa shape index (κ3) is 5.49. The number of hydrogen-bond acceptors (Lipinski definition) is 8. The molecule has 0 saturated carbocycles. The Morgan fingerprint density at radius 2 is 1.98 bits per heavy atom. The van der Waals surface area contributed by atoms with Crippen molar-refractivity contribution < 1.29 is 23.4 Å². The monoisotopic (exact) mass is 632 g/mol. The fourth-order valence-electron chi connectivity index (χ4n) is 6.97. The summed E-state index contributed by atoms with van der Waals surface area (Å²) in [6, 6.07) is 3.02. The van der Waals surface area contributed by atoms with E-state index in [1.165, 1.54) is 16.8 Å². The highest BCUT2D eigenvalue weighted by Gasteiger charge is 2.33. The molecule has 12 heteroatoms. The molecule has 1 aromatic carbocycles. The largest absolute Gasteiger partial charge is 0.477 e. The van der Waals surface area contributed by atoms with Crippen molar-refractivity contribution in [2.75, 3.05) is 57.7 Å². The molecule has 2 aliphatic rings. The molecule has 0 spiro atoms. The third-order valence-electron chi connectivity index (χ3n) is 9.36. The van der Waals surface area contributed by atoms with E-state index in [0.717, 1.165) is 19.4 Å². The Kier molecular flexibility index (Phi) is 8.75. The Balaban J connectivity index is 1.64. The van der Waals surface area contributed by atoms with Crippen LogP contribution in [0.4, 0.5) is 20.2 Å². The van der Waals surface area contributed by atoms with E-state index in [2.05, 4.69) is 27.1 Å². The second-order valence-corrected chi connectivity index (χ2v) is 12.1. The fraction of sp³-hybridized carbons (Fsp3) is 0.412. The van der Waals surface area contributed by atoms with Gasteiger partial charge in [-0.3, -0.25) is 14.7 Å². The molecule has 3 aromatic heterocycles. The molecule has 6 rings (SSSR count). The van der Waals surface area contributed by atoms with E-state index in [1.54, 1.807) is 39.7 Å². The molecule has 1 saturated heterocycles. The summed E-state index contributed by atoms with van der Waals surface area (Å²) in [4.78, 5) is 39.1. The van der Waals surface area contributed by atoms with Crippen molar-refractivity contribution in [3.05, 3.63) is 69.4 Å². The number of pyridine rings is 3. The summed E-state index contributed by atoms with van der Waals surface area (Å²) < 4.78 is 38.2. The van der Waals surface area contributed by atoms with Crippen LogP contribution < -0.4 is 15.6 Å². The first kappa shape index (κ1) is 31.6. The number of aromatic nitrogens is 3. The number of nitrogens with zero attached hydrogens (tertiary/aromatic N) is 5. The zero-order valence-electron chi connectivity index (χ0n) is 26.5. The van der Waals surface area contributed by atoms with Crippen LogP contribution in [0.2, 0.25) is 0 Å². The number of anilines is 2. The van der Waals surface area contributed by atoms with Crippen molar-refractivity contribution in [2.24, 2.45) is 7.05 Å². The second kappa shape index (κ2) is 12.8. The predicted octanol–water partition coefficient (Wildman–Crippen LogP) is 4.72. The first-order valence-electron chi connectivity index (χ1n) is 15.5. The number of methoxy groups -OCH3 is 1. The summed E-state index contributed by atoms with van der Waals surface area (Å²) in [6.07, 6.45) is 8.27. The molecule has 1 unspecified atom stereocenters. The van der Waals surface area contributed by atoms with Gasteiger partial charge in [-0.05, 0) is 50.8 Å². The SMILES string of the molecule is CNc1cc(F)c(F)c2c1CCCc1ncc(-c3cnc4c(c3)c(=O)c(C(=O)O)cn4C)c(N3CCCC(N(C)CCOC)C3)c1-2. The van der Waals surface area contributed by atoms with Crippen molar-refractivity contribution in [3.8, 4) is 22.3 Å². The minimum absolute atomic E-state index is 0.145. The molecule has 1 aliphatic heterocycles. The number of likely N-dealkylation sites (N-methyl/N-ethyl adjacent to an activating group) is 1. The number of carboxylic acids is 1. The Labute approximate surface area is 265 Å². The highest BCUT2D eigenvalue weighted by Crippen LogP contribution is 2.48. The quantitative estimate of drug-likeness (QED) is 0.285. The topological polar surface area (TPSA) is 113 Å². The van der Waals surface area contributed by atoms with Gasteiger partial charge in [0.15, 0.2) is 11.6 Å². The molecular formula is C34H38F2N6O4. The van der Waals surface area contributed by atoms with E-state index >= 15 is 8.78 Å². The third-order valence-corrected chi connectivity index (χ3v) is 9.36. The van der Waals surface area contributed by atoms with Crippen LogP contribution >= 0.6 is 0 Å². The summed E-state index contributed by atoms with van der Waals surface area (Å²) in [5.74, 6) is -3.19. The minimum atomic E-state index is -1.33. The van der Waals surface area contributed by atoms with Crippen molar-refractivity contribution in [2.45, 2.75) is 38.1 Å². The predicted molar refractivity (Wildman–Crippen MR) is 174 cm³/mol. The molecular weight excluding hydrogens is 594 g/mol. The number of piperidine rings is 1. The maximum Gasteiger partial charge on any atom is 0.341 e. The Morgan fingerprint density at radius 3 is 2.72 bits per heavy atom. The summed E-state index contributed by atoms with van der Waals surface area (Å²) >= 11 is 0. The summed E-state index contributed by atoms with van der Waals surface area (Å²) in [7, 11) is 7.08. The Morgan fingerprint density at radius 1 is 1.17 bits per heavy atom. The maximum absolute atomic E-state index is 16.1. The van der Waals surface area contributed by atoms with Gasteiger partial charge < -0.3 is 24.6 Å². The van der Waals surface area contributed by atoms with E-state index in [1.807, 2.05) is 0 Å². The van der Waals surface area contributed by atoms with Gasteiger partial charge in [0.2, 0.25) is 5.43 Å². The number of nitrogens with one attached hydrogen (secondary N) is 1. The van der Waals surface area contributed by atoms with E-state index in [9.17, 15) is 14.7 Å². The highest BCUT2D eigenvalue weighted by atomic mass is 19.2. The molecule has 46 heavy (non-hydrogen) atoms. The van der Waals surface area contributed by atoms with Gasteiger partial charge in [0.25, 0.3) is 0 Å². The zero-order chi connectivity index (χ0) is 32.7. The molecule has 242 valence electrons. The molecule has 1 aliphatic carbocycles. The van der Waals surface area contributed by atoms with E-state index in [0.29, 0.717) is 83.9 Å². The van der Waals surface area contributed by atoms with Gasteiger partial charge in [-0.2, -0.15) is 0 Å². The number of fused-ring (bicyclic) bond motifs is 4. The summed E-state index contributed by atoms with van der Waals surface area (Å²) in [6.45, 7) is 2.63. The van der Waals surface area contributed by atoms with Crippen molar-refractivity contribution >= 4 is 28.4 Å². The lowest BCUT2D eigenvalue weighted by Crippen LogP contribution is -2.47. The molecule has 0 bridgehead atoms. The van der Waals surface area contributed by atoms with Crippen molar-refractivity contribution in [1.29, 1.82) is 0 Å². The first-order valence-corrected chi connectivity index (χ1v) is 15.5. The molecule has 0 radical (unpaired) electrons. The number of benzene rings is 1. The molecule has 1 fully saturated rings. The average Bonchev–Trinajstić information content (AvgIpc) is 3.26. The van der Waals surface area contributed by atoms with E-state index in [4.69, 9.17) is 9.72 Å². The number of halogens is 2. The number of rotatable bonds is 8. The molecule has 10 nitrogen and oxygen atoms in total. The normalized spacial score (nSPS) is 16.3. The summed E-state index contributed by atoms with van der Waals surface area (Å²) in [5, 5.41) is 12.9. The van der Waals surface area contributed by atoms with Crippen LogP contribution in [-0.4, -0.2) is 84.0 Å². The molecule has 4 aromatic rings. The van der Waals surface area contributed by atoms with Crippen LogP contribution in [0.5, 0.6) is 0 Å². The lowest BCUT2D eigenvalue weighted by atomic mass is 9.90. The van der Waals surface area contributed by atoms with Gasteiger partial charge >= 0.3 is 5.97 Å². The van der Waals surface area contributed by atoms with Gasteiger partial charge in [0, 0.05) is 99.5 Å². The van der Waals surface area contributed by atoms with Crippen molar-refractivity contribution in [3.63, 3.8) is 0 Å². The standard InChI is InChI=1S/C34H38F2N6O4/c1-37-27-14-25(35)30(36)28-21(27)8-5-9-26-29(28)31(42-10-6-7-20(17-42)40(2)11-12-46-4)23(16-38-26)19-13-22-32(43)24(34(44)45)18-41(3)33(22)39-15-19/h13-16,18,20,37H,5-12,17H2,1-4H3,(H,44,45). The van der Waals surface area contributed by atoms with Crippen LogP contribution in [0, 0.1) is 11.6 Å². The number of carbonyl (C=O) groups is 1. The summed E-state index contributed by atoms with van der Waals surface area (Å²) in [5.41, 5.74) is 3.83. The molecule has 4 heterocycles. The second-order valence-electron chi connectivity index (χ2n) is 12.1. The van der Waals surface area contributed by atoms with E-state index < -0.39 is 23.0 Å². The Bertz CT molecular complexity index is 1890. The fourth-order valence-corrected chi connectivity index (χ4v) is 6.97. The molecule has 2 N–H and O–H groups in total. The zero-order valence-corrected chi connectivity index (χ0v) is 26.5. The average molecular weight is 633 g/mol. The molecule has 1 atom stereocenters. The van der Waals surface area contributed by atoms with E-state index in [-0.39, 0.29) is 22.6 Å². The number of aromatic carboxylic acids is 1. The number of carboxylic acid groups (broad SMARTS) is 1. The molecule has 0 amide bonds.